The molecule has 5 nitrogen and oxygen atoms in total. The third-order valence-electron chi connectivity index (χ3n) is 4.78. The van der Waals surface area contributed by atoms with Gasteiger partial charge in [-0.1, -0.05) is 6.42 Å². The fourth-order valence-corrected chi connectivity index (χ4v) is 3.74. The van der Waals surface area contributed by atoms with Crippen LogP contribution in [0.3, 0.4) is 0 Å². The van der Waals surface area contributed by atoms with E-state index in [1.165, 1.54) is 19.3 Å². The summed E-state index contributed by atoms with van der Waals surface area (Å²) >= 11 is 0. The number of aliphatic carboxylic acids is 1. The maximum atomic E-state index is 12.6. The van der Waals surface area contributed by atoms with Gasteiger partial charge in [0, 0.05) is 18.6 Å². The van der Waals surface area contributed by atoms with Crippen LogP contribution in [0.15, 0.2) is 0 Å². The molecule has 3 fully saturated rings. The van der Waals surface area contributed by atoms with Gasteiger partial charge in [0.05, 0.1) is 0 Å². The summed E-state index contributed by atoms with van der Waals surface area (Å²) in [5, 5.41) is 8.98. The van der Waals surface area contributed by atoms with E-state index in [-0.39, 0.29) is 18.6 Å². The summed E-state index contributed by atoms with van der Waals surface area (Å²) in [6.45, 7) is 0.667. The maximum absolute atomic E-state index is 12.6. The Morgan fingerprint density at radius 3 is 2.53 bits per heavy atom. The second-order valence-corrected chi connectivity index (χ2v) is 6.13. The molecule has 19 heavy (non-hydrogen) atoms. The van der Waals surface area contributed by atoms with E-state index < -0.39 is 5.97 Å². The van der Waals surface area contributed by atoms with Gasteiger partial charge in [0.25, 0.3) is 0 Å². The van der Waals surface area contributed by atoms with Gasteiger partial charge in [0.1, 0.15) is 6.54 Å². The third kappa shape index (κ3) is 2.55. The number of rotatable bonds is 3. The lowest BCUT2D eigenvalue weighted by Crippen LogP contribution is -2.53. The Hall–Kier alpha value is -1.26. The van der Waals surface area contributed by atoms with Crippen molar-refractivity contribution >= 4 is 12.0 Å². The lowest BCUT2D eigenvalue weighted by molar-refractivity contribution is -0.138. The molecule has 0 aromatic carbocycles. The number of carboxylic acids is 1. The molecule has 0 aromatic heterocycles. The average molecular weight is 266 g/mol. The topological polar surface area (TPSA) is 60.9 Å². The van der Waals surface area contributed by atoms with Crippen LogP contribution in [0, 0.1) is 5.92 Å². The molecule has 3 aliphatic rings. The zero-order chi connectivity index (χ0) is 13.4. The smallest absolute Gasteiger partial charge is 0.323 e. The van der Waals surface area contributed by atoms with Crippen LogP contribution < -0.4 is 0 Å². The van der Waals surface area contributed by atoms with Crippen LogP contribution in [-0.2, 0) is 4.79 Å². The van der Waals surface area contributed by atoms with Crippen molar-refractivity contribution in [1.29, 1.82) is 0 Å². The Bertz CT molecular complexity index is 381. The van der Waals surface area contributed by atoms with Crippen molar-refractivity contribution < 1.29 is 14.7 Å². The molecule has 1 heterocycles. The number of carbonyl (C=O) groups is 2. The Kier molecular flexibility index (Phi) is 3.37. The summed E-state index contributed by atoms with van der Waals surface area (Å²) in [4.78, 5) is 27.2. The van der Waals surface area contributed by atoms with Crippen molar-refractivity contribution in [3.63, 3.8) is 0 Å². The molecule has 3 rings (SSSR count). The minimum absolute atomic E-state index is 0.0264. The van der Waals surface area contributed by atoms with Crippen molar-refractivity contribution in [3.05, 3.63) is 0 Å². The number of piperidine rings is 1. The summed E-state index contributed by atoms with van der Waals surface area (Å²) in [6, 6.07) is 0.517. The van der Waals surface area contributed by atoms with Gasteiger partial charge in [-0.15, -0.1) is 0 Å². The predicted molar refractivity (Wildman–Crippen MR) is 69.8 cm³/mol. The van der Waals surface area contributed by atoms with Crippen LogP contribution in [0.4, 0.5) is 4.79 Å². The van der Waals surface area contributed by atoms with Crippen molar-refractivity contribution in [2.24, 2.45) is 5.92 Å². The summed E-state index contributed by atoms with van der Waals surface area (Å²) in [6.07, 6.45) is 7.76. The van der Waals surface area contributed by atoms with E-state index in [1.54, 1.807) is 4.90 Å². The average Bonchev–Trinajstić information content (AvgIpc) is 3.11. The number of hydrogen-bond donors (Lipinski definition) is 1. The van der Waals surface area contributed by atoms with Crippen LogP contribution in [-0.4, -0.2) is 52.1 Å². The molecule has 2 aliphatic carbocycles. The Morgan fingerprint density at radius 1 is 1.11 bits per heavy atom. The highest BCUT2D eigenvalue weighted by atomic mass is 16.4. The standard InChI is InChI=1S/C14H22N2O3/c17-13(18)9-16(11-6-7-11)14(19)15-8-2-4-10-3-1-5-12(10)15/h10-12H,1-9H2,(H,17,18). The second-order valence-electron chi connectivity index (χ2n) is 6.13. The first-order valence-electron chi connectivity index (χ1n) is 7.46. The van der Waals surface area contributed by atoms with Gasteiger partial charge in [-0.25, -0.2) is 4.79 Å². The Labute approximate surface area is 113 Å². The molecule has 0 bridgehead atoms. The fourth-order valence-electron chi connectivity index (χ4n) is 3.74. The van der Waals surface area contributed by atoms with E-state index in [0.29, 0.717) is 12.0 Å². The normalized spacial score (nSPS) is 30.0. The number of fused-ring (bicyclic) bond motifs is 1. The summed E-state index contributed by atoms with van der Waals surface area (Å²) in [5.41, 5.74) is 0. The van der Waals surface area contributed by atoms with Gasteiger partial charge in [0.2, 0.25) is 0 Å². The highest BCUT2D eigenvalue weighted by Gasteiger charge is 2.42. The van der Waals surface area contributed by atoms with E-state index in [4.69, 9.17) is 5.11 Å². The van der Waals surface area contributed by atoms with E-state index in [1.807, 2.05) is 4.90 Å². The van der Waals surface area contributed by atoms with E-state index in [0.717, 1.165) is 32.2 Å². The number of urea groups is 1. The van der Waals surface area contributed by atoms with E-state index in [9.17, 15) is 9.59 Å². The lowest BCUT2D eigenvalue weighted by atomic mass is 9.92. The number of hydrogen-bond acceptors (Lipinski definition) is 2. The van der Waals surface area contributed by atoms with Gasteiger partial charge < -0.3 is 14.9 Å². The summed E-state index contributed by atoms with van der Waals surface area (Å²) in [5.74, 6) is -0.246. The first-order chi connectivity index (χ1) is 9.16. The van der Waals surface area contributed by atoms with Crippen LogP contribution in [0.2, 0.25) is 0 Å². The van der Waals surface area contributed by atoms with Crippen molar-refractivity contribution in [1.82, 2.24) is 9.80 Å². The van der Waals surface area contributed by atoms with Gasteiger partial charge >= 0.3 is 12.0 Å². The first kappa shape index (κ1) is 12.8. The van der Waals surface area contributed by atoms with Crippen molar-refractivity contribution in [2.75, 3.05) is 13.1 Å². The number of amides is 2. The number of carbonyl (C=O) groups excluding carboxylic acids is 1. The quantitative estimate of drug-likeness (QED) is 0.849. The van der Waals surface area contributed by atoms with Crippen LogP contribution >= 0.6 is 0 Å². The summed E-state index contributed by atoms with van der Waals surface area (Å²) < 4.78 is 0. The molecule has 1 N–H and O–H groups in total. The molecular weight excluding hydrogens is 244 g/mol. The first-order valence-corrected chi connectivity index (χ1v) is 7.46. The molecule has 1 aliphatic heterocycles. The molecule has 2 atom stereocenters. The zero-order valence-electron chi connectivity index (χ0n) is 11.3. The van der Waals surface area contributed by atoms with Gasteiger partial charge in [-0.05, 0) is 44.4 Å². The molecule has 0 radical (unpaired) electrons. The molecule has 2 amide bonds. The SMILES string of the molecule is O=C(O)CN(C(=O)N1CCCC2CCCC21)C1CC1. The number of nitrogens with zero attached hydrogens (tertiary/aromatic N) is 2. The fraction of sp³-hybridized carbons (Fsp3) is 0.857. The van der Waals surface area contributed by atoms with E-state index in [2.05, 4.69) is 0 Å². The molecule has 5 heteroatoms. The Morgan fingerprint density at radius 2 is 1.84 bits per heavy atom. The largest absolute Gasteiger partial charge is 0.480 e. The monoisotopic (exact) mass is 266 g/mol. The molecular formula is C14H22N2O3. The lowest BCUT2D eigenvalue weighted by Gasteiger charge is -2.40. The number of likely N-dealkylation sites (tertiary alicyclic amines) is 1. The number of carboxylic acid groups (broad SMARTS) is 1. The highest BCUT2D eigenvalue weighted by molar-refractivity contribution is 5.81. The van der Waals surface area contributed by atoms with Crippen LogP contribution in [0.5, 0.6) is 0 Å². The van der Waals surface area contributed by atoms with Crippen LogP contribution in [0.1, 0.15) is 44.9 Å². The molecule has 1 saturated heterocycles. The molecule has 0 spiro atoms. The van der Waals surface area contributed by atoms with Gasteiger partial charge in [-0.3, -0.25) is 4.79 Å². The molecule has 106 valence electrons. The summed E-state index contributed by atoms with van der Waals surface area (Å²) in [7, 11) is 0. The third-order valence-corrected chi connectivity index (χ3v) is 4.78. The highest BCUT2D eigenvalue weighted by Crippen LogP contribution is 2.38. The maximum Gasteiger partial charge on any atom is 0.323 e. The predicted octanol–water partition coefficient (Wildman–Crippen LogP) is 1.92. The molecule has 0 aromatic rings. The van der Waals surface area contributed by atoms with Gasteiger partial charge in [-0.2, -0.15) is 0 Å². The Balaban J connectivity index is 1.71. The zero-order valence-corrected chi connectivity index (χ0v) is 11.3. The van der Waals surface area contributed by atoms with E-state index >= 15 is 0 Å². The van der Waals surface area contributed by atoms with Crippen molar-refractivity contribution in [3.8, 4) is 0 Å². The van der Waals surface area contributed by atoms with Crippen molar-refractivity contribution in [2.45, 2.75) is 57.0 Å². The molecule has 2 saturated carbocycles. The van der Waals surface area contributed by atoms with Gasteiger partial charge in [0.15, 0.2) is 0 Å². The van der Waals surface area contributed by atoms with Crippen LogP contribution in [0.25, 0.3) is 0 Å². The second kappa shape index (κ2) is 5.02. The molecule has 2 unspecified atom stereocenters. The minimum Gasteiger partial charge on any atom is -0.480 e. The minimum atomic E-state index is -0.903.